The zero-order chi connectivity index (χ0) is 9.68. The molecule has 1 rings (SSSR count). The van der Waals surface area contributed by atoms with Crippen molar-refractivity contribution in [2.24, 2.45) is 11.8 Å². The maximum absolute atomic E-state index is 5.51. The minimum Gasteiger partial charge on any atom is -0.347 e. The van der Waals surface area contributed by atoms with E-state index >= 15 is 0 Å². The van der Waals surface area contributed by atoms with Crippen LogP contribution >= 0.6 is 0 Å². The van der Waals surface area contributed by atoms with Crippen LogP contribution in [-0.4, -0.2) is 9.97 Å². The monoisotopic (exact) mass is 182 g/mol. The molecule has 0 bridgehead atoms. The molecule has 1 aromatic rings. The highest BCUT2D eigenvalue weighted by Crippen LogP contribution is 2.23. The Kier molecular flexibility index (Phi) is 3.92. The third-order valence-corrected chi connectivity index (χ3v) is 2.51. The van der Waals surface area contributed by atoms with Crippen molar-refractivity contribution in [3.63, 3.8) is 0 Å². The van der Waals surface area contributed by atoms with E-state index in [0.717, 1.165) is 18.7 Å². The fourth-order valence-electron chi connectivity index (χ4n) is 1.65. The van der Waals surface area contributed by atoms with Gasteiger partial charge in [0, 0.05) is 12.4 Å². The number of nitrogens with zero attached hydrogens (tertiary/aromatic N) is 1. The molecule has 0 radical (unpaired) electrons. The van der Waals surface area contributed by atoms with Gasteiger partial charge in [-0.05, 0) is 5.92 Å². The Morgan fingerprint density at radius 3 is 2.62 bits per heavy atom. The molecular formula is C9H18N4. The Morgan fingerprint density at radius 2 is 2.23 bits per heavy atom. The number of aromatic amines is 1. The highest BCUT2D eigenvalue weighted by atomic mass is 15.3. The number of H-pyrrole nitrogens is 1. The van der Waals surface area contributed by atoms with Crippen LogP contribution in [0.15, 0.2) is 12.4 Å². The van der Waals surface area contributed by atoms with Crippen LogP contribution in [0.3, 0.4) is 0 Å². The molecule has 0 saturated carbocycles. The molecule has 1 atom stereocenters. The van der Waals surface area contributed by atoms with E-state index in [0.29, 0.717) is 5.92 Å². The molecule has 1 aromatic heterocycles. The summed E-state index contributed by atoms with van der Waals surface area (Å²) in [4.78, 5) is 7.29. The predicted molar refractivity (Wildman–Crippen MR) is 52.7 cm³/mol. The first-order valence-electron chi connectivity index (χ1n) is 4.78. The first-order chi connectivity index (χ1) is 6.33. The number of nitrogens with one attached hydrogen (secondary N) is 2. The number of rotatable bonds is 5. The summed E-state index contributed by atoms with van der Waals surface area (Å²) in [6, 6.07) is 0.144. The van der Waals surface area contributed by atoms with Crippen LogP contribution in [0.2, 0.25) is 0 Å². The van der Waals surface area contributed by atoms with Crippen molar-refractivity contribution in [3.8, 4) is 0 Å². The first kappa shape index (κ1) is 10.2. The first-order valence-corrected chi connectivity index (χ1v) is 4.78. The predicted octanol–water partition coefficient (Wildman–Crippen LogP) is 1.35. The molecule has 4 N–H and O–H groups in total. The quantitative estimate of drug-likeness (QED) is 0.475. The molecule has 1 heterocycles. The molecule has 1 unspecified atom stereocenters. The standard InChI is InChI=1S/C9H18N4/c1-3-7(4-2)8(13-10)9-11-5-6-12-9/h5-8,13H,3-4,10H2,1-2H3,(H,11,12). The van der Waals surface area contributed by atoms with Crippen molar-refractivity contribution in [2.75, 3.05) is 0 Å². The van der Waals surface area contributed by atoms with E-state index in [-0.39, 0.29) is 6.04 Å². The van der Waals surface area contributed by atoms with Crippen LogP contribution in [0.5, 0.6) is 0 Å². The number of nitrogens with two attached hydrogens (primary N) is 1. The molecule has 0 aliphatic rings. The van der Waals surface area contributed by atoms with Crippen LogP contribution in [0, 0.1) is 5.92 Å². The molecule has 0 aliphatic carbocycles. The van der Waals surface area contributed by atoms with E-state index in [9.17, 15) is 0 Å². The average Bonchev–Trinajstić information content (AvgIpc) is 2.66. The maximum Gasteiger partial charge on any atom is 0.124 e. The van der Waals surface area contributed by atoms with Crippen LogP contribution in [0.25, 0.3) is 0 Å². The summed E-state index contributed by atoms with van der Waals surface area (Å²) < 4.78 is 0. The van der Waals surface area contributed by atoms with Gasteiger partial charge in [0.25, 0.3) is 0 Å². The minimum atomic E-state index is 0.144. The molecule has 0 aliphatic heterocycles. The number of imidazole rings is 1. The molecule has 0 aromatic carbocycles. The van der Waals surface area contributed by atoms with E-state index in [1.54, 1.807) is 6.20 Å². The van der Waals surface area contributed by atoms with Gasteiger partial charge in [-0.1, -0.05) is 26.7 Å². The number of hydrogen-bond acceptors (Lipinski definition) is 3. The van der Waals surface area contributed by atoms with E-state index in [2.05, 4.69) is 29.2 Å². The van der Waals surface area contributed by atoms with Gasteiger partial charge >= 0.3 is 0 Å². The normalized spacial score (nSPS) is 13.5. The third kappa shape index (κ3) is 2.29. The molecule has 0 spiro atoms. The highest BCUT2D eigenvalue weighted by Gasteiger charge is 2.20. The van der Waals surface area contributed by atoms with Gasteiger partial charge in [0.15, 0.2) is 0 Å². The lowest BCUT2D eigenvalue weighted by Crippen LogP contribution is -2.34. The summed E-state index contributed by atoms with van der Waals surface area (Å²) in [5.41, 5.74) is 2.81. The summed E-state index contributed by atoms with van der Waals surface area (Å²) >= 11 is 0. The Labute approximate surface area is 78.9 Å². The summed E-state index contributed by atoms with van der Waals surface area (Å²) in [6.45, 7) is 4.34. The van der Waals surface area contributed by atoms with Crippen LogP contribution in [0.4, 0.5) is 0 Å². The van der Waals surface area contributed by atoms with E-state index < -0.39 is 0 Å². The highest BCUT2D eigenvalue weighted by molar-refractivity contribution is 4.97. The van der Waals surface area contributed by atoms with Gasteiger partial charge in [-0.15, -0.1) is 0 Å². The summed E-state index contributed by atoms with van der Waals surface area (Å²) in [5.74, 6) is 6.97. The Balaban J connectivity index is 2.72. The van der Waals surface area contributed by atoms with E-state index in [1.807, 2.05) is 6.20 Å². The second kappa shape index (κ2) is 4.99. The minimum absolute atomic E-state index is 0.144. The third-order valence-electron chi connectivity index (χ3n) is 2.51. The zero-order valence-corrected chi connectivity index (χ0v) is 8.25. The van der Waals surface area contributed by atoms with E-state index in [1.165, 1.54) is 0 Å². The van der Waals surface area contributed by atoms with Gasteiger partial charge in [-0.2, -0.15) is 0 Å². The number of hydrogen-bond donors (Lipinski definition) is 3. The topological polar surface area (TPSA) is 66.7 Å². The molecule has 4 nitrogen and oxygen atoms in total. The van der Waals surface area contributed by atoms with Gasteiger partial charge < -0.3 is 4.98 Å². The van der Waals surface area contributed by atoms with Crippen molar-refractivity contribution >= 4 is 0 Å². The van der Waals surface area contributed by atoms with Gasteiger partial charge in [0.2, 0.25) is 0 Å². The zero-order valence-electron chi connectivity index (χ0n) is 8.25. The van der Waals surface area contributed by atoms with Gasteiger partial charge in [0.05, 0.1) is 6.04 Å². The van der Waals surface area contributed by atoms with Crippen molar-refractivity contribution in [2.45, 2.75) is 32.7 Å². The molecule has 0 fully saturated rings. The van der Waals surface area contributed by atoms with Gasteiger partial charge in [0.1, 0.15) is 5.82 Å². The second-order valence-corrected chi connectivity index (χ2v) is 3.20. The van der Waals surface area contributed by atoms with E-state index in [4.69, 9.17) is 5.84 Å². The lowest BCUT2D eigenvalue weighted by molar-refractivity contribution is 0.334. The van der Waals surface area contributed by atoms with Gasteiger partial charge in [-0.25, -0.2) is 10.4 Å². The Bertz CT molecular complexity index is 216. The molecule has 13 heavy (non-hydrogen) atoms. The average molecular weight is 182 g/mol. The van der Waals surface area contributed by atoms with Crippen LogP contribution in [0.1, 0.15) is 38.6 Å². The molecule has 0 amide bonds. The molecule has 4 heteroatoms. The SMILES string of the molecule is CCC(CC)C(NN)c1ncc[nH]1. The molecular weight excluding hydrogens is 164 g/mol. The number of hydrazine groups is 1. The van der Waals surface area contributed by atoms with Crippen LogP contribution < -0.4 is 11.3 Å². The summed E-state index contributed by atoms with van der Waals surface area (Å²) in [7, 11) is 0. The fraction of sp³-hybridized carbons (Fsp3) is 0.667. The van der Waals surface area contributed by atoms with Gasteiger partial charge in [-0.3, -0.25) is 5.84 Å². The van der Waals surface area contributed by atoms with Crippen molar-refractivity contribution in [3.05, 3.63) is 18.2 Å². The molecule has 74 valence electrons. The smallest absolute Gasteiger partial charge is 0.124 e. The summed E-state index contributed by atoms with van der Waals surface area (Å²) in [6.07, 6.45) is 5.78. The largest absolute Gasteiger partial charge is 0.347 e. The van der Waals surface area contributed by atoms with Crippen molar-refractivity contribution in [1.29, 1.82) is 0 Å². The Morgan fingerprint density at radius 1 is 1.54 bits per heavy atom. The second-order valence-electron chi connectivity index (χ2n) is 3.20. The number of aromatic nitrogens is 2. The van der Waals surface area contributed by atoms with Crippen LogP contribution in [-0.2, 0) is 0 Å². The molecule has 0 saturated heterocycles. The fourth-order valence-corrected chi connectivity index (χ4v) is 1.65. The van der Waals surface area contributed by atoms with Crippen molar-refractivity contribution in [1.82, 2.24) is 15.4 Å². The summed E-state index contributed by atoms with van der Waals surface area (Å²) in [5, 5.41) is 0. The lowest BCUT2D eigenvalue weighted by Gasteiger charge is -2.22. The Hall–Kier alpha value is -0.870. The van der Waals surface area contributed by atoms with Crippen molar-refractivity contribution < 1.29 is 0 Å². The maximum atomic E-state index is 5.51. The lowest BCUT2D eigenvalue weighted by atomic mass is 9.94.